The SMILES string of the molecule is CNC(=O)C(C)(C)CNc1ccc(Cl)cc1N. The molecule has 4 N–H and O–H groups in total. The smallest absolute Gasteiger partial charge is 0.227 e. The summed E-state index contributed by atoms with van der Waals surface area (Å²) in [6.45, 7) is 4.23. The molecule has 1 aromatic carbocycles. The number of halogens is 1. The van der Waals surface area contributed by atoms with Gasteiger partial charge in [-0.3, -0.25) is 4.79 Å². The number of benzene rings is 1. The number of nitrogens with one attached hydrogen (secondary N) is 2. The lowest BCUT2D eigenvalue weighted by Gasteiger charge is -2.24. The van der Waals surface area contributed by atoms with Crippen LogP contribution in [0.3, 0.4) is 0 Å². The third-order valence-electron chi connectivity index (χ3n) is 2.58. The van der Waals surface area contributed by atoms with Crippen LogP contribution in [0.1, 0.15) is 13.8 Å². The van der Waals surface area contributed by atoms with E-state index in [1.807, 2.05) is 13.8 Å². The average Bonchev–Trinajstić information content (AvgIpc) is 2.26. The highest BCUT2D eigenvalue weighted by atomic mass is 35.5. The third kappa shape index (κ3) is 3.53. The molecule has 0 saturated heterocycles. The molecule has 0 atom stereocenters. The predicted molar refractivity (Wildman–Crippen MR) is 72.2 cm³/mol. The Labute approximate surface area is 107 Å². The van der Waals surface area contributed by atoms with E-state index in [4.69, 9.17) is 17.3 Å². The van der Waals surface area contributed by atoms with E-state index >= 15 is 0 Å². The number of anilines is 2. The lowest BCUT2D eigenvalue weighted by atomic mass is 9.92. The van der Waals surface area contributed by atoms with Crippen molar-refractivity contribution < 1.29 is 4.79 Å². The molecule has 5 heteroatoms. The van der Waals surface area contributed by atoms with E-state index in [1.54, 1.807) is 25.2 Å². The molecule has 0 unspecified atom stereocenters. The van der Waals surface area contributed by atoms with Crippen LogP contribution in [0, 0.1) is 5.41 Å². The van der Waals surface area contributed by atoms with Gasteiger partial charge in [-0.25, -0.2) is 0 Å². The predicted octanol–water partition coefficient (Wildman–Crippen LogP) is 2.11. The van der Waals surface area contributed by atoms with Gasteiger partial charge in [0.2, 0.25) is 5.91 Å². The molecule has 0 aromatic heterocycles. The van der Waals surface area contributed by atoms with E-state index in [0.29, 0.717) is 17.3 Å². The maximum atomic E-state index is 11.6. The molecule has 0 saturated carbocycles. The van der Waals surface area contributed by atoms with Crippen LogP contribution < -0.4 is 16.4 Å². The zero-order valence-corrected chi connectivity index (χ0v) is 11.1. The highest BCUT2D eigenvalue weighted by Gasteiger charge is 2.26. The van der Waals surface area contributed by atoms with Crippen molar-refractivity contribution in [2.45, 2.75) is 13.8 Å². The molecule has 0 fully saturated rings. The van der Waals surface area contributed by atoms with Gasteiger partial charge in [-0.2, -0.15) is 0 Å². The number of carbonyl (C=O) groups is 1. The molecule has 0 spiro atoms. The van der Waals surface area contributed by atoms with E-state index in [9.17, 15) is 4.79 Å². The van der Waals surface area contributed by atoms with Gasteiger partial charge in [0, 0.05) is 18.6 Å². The molecule has 0 heterocycles. The molecule has 0 aliphatic carbocycles. The number of rotatable bonds is 4. The lowest BCUT2D eigenvalue weighted by molar-refractivity contribution is -0.128. The Morgan fingerprint density at radius 1 is 1.47 bits per heavy atom. The second-order valence-electron chi connectivity index (χ2n) is 4.55. The number of hydrogen-bond donors (Lipinski definition) is 3. The summed E-state index contributed by atoms with van der Waals surface area (Å²) in [7, 11) is 1.63. The maximum absolute atomic E-state index is 11.6. The summed E-state index contributed by atoms with van der Waals surface area (Å²) >= 11 is 5.81. The van der Waals surface area contributed by atoms with E-state index < -0.39 is 5.41 Å². The summed E-state index contributed by atoms with van der Waals surface area (Å²) < 4.78 is 0. The van der Waals surface area contributed by atoms with Gasteiger partial charge in [0.1, 0.15) is 0 Å². The first-order chi connectivity index (χ1) is 7.86. The molecule has 0 bridgehead atoms. The first kappa shape index (κ1) is 13.6. The minimum Gasteiger partial charge on any atom is -0.397 e. The van der Waals surface area contributed by atoms with Crippen molar-refractivity contribution in [1.29, 1.82) is 0 Å². The molecule has 4 nitrogen and oxygen atoms in total. The molecule has 17 heavy (non-hydrogen) atoms. The second-order valence-corrected chi connectivity index (χ2v) is 4.98. The van der Waals surface area contributed by atoms with Crippen LogP contribution in [0.25, 0.3) is 0 Å². The fraction of sp³-hybridized carbons (Fsp3) is 0.417. The van der Waals surface area contributed by atoms with Crippen LogP contribution in [0.2, 0.25) is 5.02 Å². The van der Waals surface area contributed by atoms with Gasteiger partial charge in [0.05, 0.1) is 16.8 Å². The van der Waals surface area contributed by atoms with E-state index in [1.165, 1.54) is 0 Å². The Morgan fingerprint density at radius 3 is 2.65 bits per heavy atom. The summed E-state index contributed by atoms with van der Waals surface area (Å²) in [5.74, 6) is -0.0162. The Bertz CT molecular complexity index is 418. The molecule has 0 aliphatic heterocycles. The Morgan fingerprint density at radius 2 is 2.12 bits per heavy atom. The van der Waals surface area contributed by atoms with Crippen LogP contribution in [-0.2, 0) is 4.79 Å². The quantitative estimate of drug-likeness (QED) is 0.722. The first-order valence-electron chi connectivity index (χ1n) is 5.38. The van der Waals surface area contributed by atoms with Crippen molar-refractivity contribution in [2.75, 3.05) is 24.6 Å². The normalized spacial score (nSPS) is 11.1. The van der Waals surface area contributed by atoms with Crippen LogP contribution in [0.15, 0.2) is 18.2 Å². The fourth-order valence-electron chi connectivity index (χ4n) is 1.43. The Hall–Kier alpha value is -1.42. The van der Waals surface area contributed by atoms with Gasteiger partial charge in [-0.1, -0.05) is 11.6 Å². The summed E-state index contributed by atoms with van der Waals surface area (Å²) in [5.41, 5.74) is 6.67. The largest absolute Gasteiger partial charge is 0.397 e. The van der Waals surface area contributed by atoms with Crippen molar-refractivity contribution in [3.8, 4) is 0 Å². The monoisotopic (exact) mass is 255 g/mol. The summed E-state index contributed by atoms with van der Waals surface area (Å²) in [4.78, 5) is 11.6. The molecule has 1 rings (SSSR count). The van der Waals surface area contributed by atoms with Gasteiger partial charge < -0.3 is 16.4 Å². The van der Waals surface area contributed by atoms with Crippen molar-refractivity contribution in [2.24, 2.45) is 5.41 Å². The molecule has 1 amide bonds. The van der Waals surface area contributed by atoms with Gasteiger partial charge in [-0.15, -0.1) is 0 Å². The van der Waals surface area contributed by atoms with Crippen LogP contribution in [-0.4, -0.2) is 19.5 Å². The van der Waals surface area contributed by atoms with E-state index in [2.05, 4.69) is 10.6 Å². The van der Waals surface area contributed by atoms with Crippen molar-refractivity contribution >= 4 is 28.9 Å². The molecule has 94 valence electrons. The summed E-state index contributed by atoms with van der Waals surface area (Å²) in [6.07, 6.45) is 0. The standard InChI is InChI=1S/C12H18ClN3O/c1-12(2,11(17)15-3)7-16-10-5-4-8(13)6-9(10)14/h4-6,16H,7,14H2,1-3H3,(H,15,17). The zero-order valence-electron chi connectivity index (χ0n) is 10.3. The van der Waals surface area contributed by atoms with Crippen molar-refractivity contribution in [3.63, 3.8) is 0 Å². The topological polar surface area (TPSA) is 67.2 Å². The number of nitrogens with two attached hydrogens (primary N) is 1. The summed E-state index contributed by atoms with van der Waals surface area (Å²) in [6, 6.07) is 5.24. The summed E-state index contributed by atoms with van der Waals surface area (Å²) in [5, 5.41) is 6.38. The third-order valence-corrected chi connectivity index (χ3v) is 2.81. The average molecular weight is 256 g/mol. The second kappa shape index (κ2) is 5.27. The first-order valence-corrected chi connectivity index (χ1v) is 5.75. The zero-order chi connectivity index (χ0) is 13.1. The number of hydrogen-bond acceptors (Lipinski definition) is 3. The minimum absolute atomic E-state index is 0.0162. The molecular weight excluding hydrogens is 238 g/mol. The Balaban J connectivity index is 2.70. The van der Waals surface area contributed by atoms with Crippen molar-refractivity contribution in [1.82, 2.24) is 5.32 Å². The molecular formula is C12H18ClN3O. The molecule has 1 aromatic rings. The van der Waals surface area contributed by atoms with Gasteiger partial charge >= 0.3 is 0 Å². The highest BCUT2D eigenvalue weighted by Crippen LogP contribution is 2.24. The maximum Gasteiger partial charge on any atom is 0.227 e. The highest BCUT2D eigenvalue weighted by molar-refractivity contribution is 6.31. The number of carbonyl (C=O) groups excluding carboxylic acids is 1. The van der Waals surface area contributed by atoms with Crippen molar-refractivity contribution in [3.05, 3.63) is 23.2 Å². The Kier molecular flexibility index (Phi) is 4.23. The van der Waals surface area contributed by atoms with Gasteiger partial charge in [0.25, 0.3) is 0 Å². The van der Waals surface area contributed by atoms with Gasteiger partial charge in [-0.05, 0) is 32.0 Å². The molecule has 0 aliphatic rings. The number of amides is 1. The van der Waals surface area contributed by atoms with Crippen LogP contribution in [0.5, 0.6) is 0 Å². The van der Waals surface area contributed by atoms with Crippen LogP contribution >= 0.6 is 11.6 Å². The van der Waals surface area contributed by atoms with Gasteiger partial charge in [0.15, 0.2) is 0 Å². The minimum atomic E-state index is -0.499. The van der Waals surface area contributed by atoms with E-state index in [-0.39, 0.29) is 5.91 Å². The number of nitrogen functional groups attached to an aromatic ring is 1. The van der Waals surface area contributed by atoms with Crippen LogP contribution in [0.4, 0.5) is 11.4 Å². The lowest BCUT2D eigenvalue weighted by Crippen LogP contribution is -2.39. The fourth-order valence-corrected chi connectivity index (χ4v) is 1.61. The van der Waals surface area contributed by atoms with E-state index in [0.717, 1.165) is 5.69 Å². The molecule has 0 radical (unpaired) electrons.